The Balaban J connectivity index is 1.47. The van der Waals surface area contributed by atoms with Gasteiger partial charge in [-0.05, 0) is 39.9 Å². The number of likely N-dealkylation sites (N-methyl/N-ethyl adjacent to an activating group) is 1. The van der Waals surface area contributed by atoms with Crippen molar-refractivity contribution in [2.75, 3.05) is 13.7 Å². The van der Waals surface area contributed by atoms with E-state index in [1.807, 2.05) is 48.5 Å². The Morgan fingerprint density at radius 1 is 0.968 bits per heavy atom. The molecule has 1 amide bonds. The number of rotatable bonds is 6. The normalized spacial score (nSPS) is 13.2. The van der Waals surface area contributed by atoms with E-state index in [9.17, 15) is 19.1 Å². The van der Waals surface area contributed by atoms with Gasteiger partial charge in [0.25, 0.3) is 0 Å². The molecule has 0 saturated carbocycles. The van der Waals surface area contributed by atoms with Gasteiger partial charge in [0.05, 0.1) is 0 Å². The molecule has 1 unspecified atom stereocenters. The van der Waals surface area contributed by atoms with Crippen molar-refractivity contribution in [3.05, 3.63) is 95.3 Å². The largest absolute Gasteiger partial charge is 0.480 e. The Morgan fingerprint density at radius 3 is 2.06 bits per heavy atom. The molecule has 158 valence electrons. The van der Waals surface area contributed by atoms with Crippen molar-refractivity contribution in [1.29, 1.82) is 0 Å². The lowest BCUT2D eigenvalue weighted by molar-refractivity contribution is -0.142. The minimum Gasteiger partial charge on any atom is -0.480 e. The van der Waals surface area contributed by atoms with Crippen molar-refractivity contribution >= 4 is 12.1 Å². The van der Waals surface area contributed by atoms with Gasteiger partial charge in [-0.3, -0.25) is 4.90 Å². The maximum atomic E-state index is 13.1. The fraction of sp³-hybridized carbons (Fsp3) is 0.200. The van der Waals surface area contributed by atoms with E-state index < -0.39 is 23.9 Å². The number of hydrogen-bond acceptors (Lipinski definition) is 3. The van der Waals surface area contributed by atoms with Crippen LogP contribution in [0.15, 0.2) is 72.8 Å². The van der Waals surface area contributed by atoms with Crippen molar-refractivity contribution < 1.29 is 23.8 Å². The van der Waals surface area contributed by atoms with E-state index in [2.05, 4.69) is 0 Å². The zero-order valence-electron chi connectivity index (χ0n) is 17.0. The van der Waals surface area contributed by atoms with Crippen LogP contribution in [0.1, 0.15) is 22.6 Å². The molecule has 1 N–H and O–H groups in total. The van der Waals surface area contributed by atoms with Gasteiger partial charge in [0.15, 0.2) is 0 Å². The van der Waals surface area contributed by atoms with Crippen LogP contribution in [0.2, 0.25) is 0 Å². The van der Waals surface area contributed by atoms with Gasteiger partial charge in [-0.2, -0.15) is 0 Å². The molecule has 3 aromatic carbocycles. The first kappa shape index (κ1) is 20.6. The van der Waals surface area contributed by atoms with Crippen LogP contribution in [0.3, 0.4) is 0 Å². The molecular weight excluding hydrogens is 397 g/mol. The molecule has 0 bridgehead atoms. The van der Waals surface area contributed by atoms with Crippen LogP contribution in [-0.4, -0.2) is 41.8 Å². The lowest BCUT2D eigenvalue weighted by Gasteiger charge is -2.25. The molecule has 0 aromatic heterocycles. The molecule has 0 saturated heterocycles. The minimum atomic E-state index is -1.15. The molecule has 1 aliphatic carbocycles. The quantitative estimate of drug-likeness (QED) is 0.629. The summed E-state index contributed by atoms with van der Waals surface area (Å²) in [6, 6.07) is 20.4. The molecule has 0 heterocycles. The predicted molar refractivity (Wildman–Crippen MR) is 114 cm³/mol. The van der Waals surface area contributed by atoms with Gasteiger partial charge in [-0.15, -0.1) is 0 Å². The van der Waals surface area contributed by atoms with Crippen molar-refractivity contribution in [2.24, 2.45) is 0 Å². The Labute approximate surface area is 179 Å². The minimum absolute atomic E-state index is 0.0519. The predicted octanol–water partition coefficient (Wildman–Crippen LogP) is 4.70. The summed E-state index contributed by atoms with van der Waals surface area (Å²) in [4.78, 5) is 25.6. The number of aliphatic carboxylic acids is 1. The number of nitrogens with zero attached hydrogens (tertiary/aromatic N) is 1. The van der Waals surface area contributed by atoms with E-state index in [-0.39, 0.29) is 18.9 Å². The fourth-order valence-electron chi connectivity index (χ4n) is 4.06. The number of amides is 1. The number of carboxylic acid groups (broad SMARTS) is 1. The SMILES string of the molecule is CN(C(=O)OCC1c2ccccc2-c2ccccc21)C(Cc1ccc(F)cc1)C(=O)O. The van der Waals surface area contributed by atoms with Gasteiger partial charge in [0.2, 0.25) is 0 Å². The zero-order chi connectivity index (χ0) is 22.0. The summed E-state index contributed by atoms with van der Waals surface area (Å²) < 4.78 is 18.7. The summed E-state index contributed by atoms with van der Waals surface area (Å²) >= 11 is 0. The van der Waals surface area contributed by atoms with Gasteiger partial charge < -0.3 is 9.84 Å². The lowest BCUT2D eigenvalue weighted by Crippen LogP contribution is -2.44. The molecule has 0 spiro atoms. The van der Waals surface area contributed by atoms with Gasteiger partial charge in [-0.1, -0.05) is 60.7 Å². The molecule has 6 heteroatoms. The highest BCUT2D eigenvalue weighted by molar-refractivity contribution is 5.81. The van der Waals surface area contributed by atoms with Crippen LogP contribution in [0.25, 0.3) is 11.1 Å². The Kier molecular flexibility index (Phi) is 5.71. The standard InChI is InChI=1S/C25H22FNO4/c1-27(23(24(28)29)14-16-10-12-17(26)13-11-16)25(30)31-15-22-20-8-4-2-6-18(20)19-7-3-5-9-21(19)22/h2-13,22-23H,14-15H2,1H3,(H,28,29). The van der Waals surface area contributed by atoms with Crippen molar-refractivity contribution in [3.8, 4) is 11.1 Å². The van der Waals surface area contributed by atoms with Gasteiger partial charge in [0, 0.05) is 19.4 Å². The monoisotopic (exact) mass is 419 g/mol. The second-order valence-corrected chi connectivity index (χ2v) is 7.60. The maximum Gasteiger partial charge on any atom is 0.410 e. The number of halogens is 1. The highest BCUT2D eigenvalue weighted by Crippen LogP contribution is 2.44. The van der Waals surface area contributed by atoms with E-state index in [4.69, 9.17) is 4.74 Å². The molecule has 1 atom stereocenters. The average molecular weight is 419 g/mol. The number of carboxylic acids is 1. The number of benzene rings is 3. The summed E-state index contributed by atoms with van der Waals surface area (Å²) in [5.41, 5.74) is 5.02. The number of fused-ring (bicyclic) bond motifs is 3. The first-order chi connectivity index (χ1) is 15.0. The van der Waals surface area contributed by atoms with E-state index >= 15 is 0 Å². The number of ether oxygens (including phenoxy) is 1. The Bertz CT molecular complexity index is 1070. The summed E-state index contributed by atoms with van der Waals surface area (Å²) in [6.45, 7) is 0.111. The number of carbonyl (C=O) groups is 2. The average Bonchev–Trinajstić information content (AvgIpc) is 3.10. The third-order valence-electron chi connectivity index (χ3n) is 5.72. The Morgan fingerprint density at radius 2 is 1.52 bits per heavy atom. The highest BCUT2D eigenvalue weighted by Gasteiger charge is 2.32. The van der Waals surface area contributed by atoms with Gasteiger partial charge >= 0.3 is 12.1 Å². The molecule has 0 radical (unpaired) electrons. The second-order valence-electron chi connectivity index (χ2n) is 7.60. The maximum absolute atomic E-state index is 13.1. The summed E-state index contributed by atoms with van der Waals surface area (Å²) in [5.74, 6) is -1.66. The zero-order valence-corrected chi connectivity index (χ0v) is 17.0. The summed E-state index contributed by atoms with van der Waals surface area (Å²) in [6.07, 6.45) is -0.660. The van der Waals surface area contributed by atoms with E-state index in [0.717, 1.165) is 27.2 Å². The van der Waals surface area contributed by atoms with E-state index in [1.54, 1.807) is 0 Å². The Hall–Kier alpha value is -3.67. The van der Waals surface area contributed by atoms with E-state index in [0.29, 0.717) is 5.56 Å². The van der Waals surface area contributed by atoms with Crippen LogP contribution in [-0.2, 0) is 16.0 Å². The number of hydrogen-bond donors (Lipinski definition) is 1. The van der Waals surface area contributed by atoms with Crippen molar-refractivity contribution in [1.82, 2.24) is 4.90 Å². The van der Waals surface area contributed by atoms with Crippen molar-refractivity contribution in [3.63, 3.8) is 0 Å². The van der Waals surface area contributed by atoms with Crippen LogP contribution >= 0.6 is 0 Å². The topological polar surface area (TPSA) is 66.8 Å². The van der Waals surface area contributed by atoms with Gasteiger partial charge in [0.1, 0.15) is 18.5 Å². The smallest absolute Gasteiger partial charge is 0.410 e. The molecule has 31 heavy (non-hydrogen) atoms. The fourth-order valence-corrected chi connectivity index (χ4v) is 4.06. The van der Waals surface area contributed by atoms with Crippen LogP contribution in [0, 0.1) is 5.82 Å². The van der Waals surface area contributed by atoms with Crippen LogP contribution in [0.4, 0.5) is 9.18 Å². The third-order valence-corrected chi connectivity index (χ3v) is 5.72. The molecule has 5 nitrogen and oxygen atoms in total. The molecule has 0 aliphatic heterocycles. The van der Waals surface area contributed by atoms with Crippen LogP contribution in [0.5, 0.6) is 0 Å². The second kappa shape index (κ2) is 8.60. The highest BCUT2D eigenvalue weighted by atomic mass is 19.1. The lowest BCUT2D eigenvalue weighted by atomic mass is 9.98. The molecule has 0 fully saturated rings. The first-order valence-corrected chi connectivity index (χ1v) is 10.0. The molecule has 3 aromatic rings. The third kappa shape index (κ3) is 4.14. The van der Waals surface area contributed by atoms with Gasteiger partial charge in [-0.25, -0.2) is 14.0 Å². The summed E-state index contributed by atoms with van der Waals surface area (Å²) in [7, 11) is 1.40. The molecular formula is C25H22FNO4. The van der Waals surface area contributed by atoms with E-state index in [1.165, 1.54) is 31.3 Å². The molecule has 1 aliphatic rings. The van der Waals surface area contributed by atoms with Crippen LogP contribution < -0.4 is 0 Å². The number of carbonyl (C=O) groups excluding carboxylic acids is 1. The first-order valence-electron chi connectivity index (χ1n) is 10.0. The van der Waals surface area contributed by atoms with Crippen molar-refractivity contribution in [2.45, 2.75) is 18.4 Å². The molecule has 4 rings (SSSR count). The summed E-state index contributed by atoms with van der Waals surface area (Å²) in [5, 5.41) is 9.63.